The maximum absolute atomic E-state index is 12.9. The highest BCUT2D eigenvalue weighted by Crippen LogP contribution is 2.33. The van der Waals surface area contributed by atoms with E-state index >= 15 is 0 Å². The Labute approximate surface area is 152 Å². The number of nitro benzene ring substituents is 1. The number of nitrogens with zero attached hydrogens (tertiary/aromatic N) is 2. The summed E-state index contributed by atoms with van der Waals surface area (Å²) in [5.41, 5.74) is 1.15. The van der Waals surface area contributed by atoms with Crippen molar-refractivity contribution >= 4 is 27.1 Å². The summed E-state index contributed by atoms with van der Waals surface area (Å²) in [6, 6.07) is 11.4. The Morgan fingerprint density at radius 3 is 2.42 bits per heavy atom. The van der Waals surface area contributed by atoms with Gasteiger partial charge >= 0.3 is 0 Å². The maximum atomic E-state index is 12.9. The summed E-state index contributed by atoms with van der Waals surface area (Å²) in [5, 5.41) is 11.3. The lowest BCUT2D eigenvalue weighted by molar-refractivity contribution is -0.387. The predicted molar refractivity (Wildman–Crippen MR) is 101 cm³/mol. The van der Waals surface area contributed by atoms with E-state index in [2.05, 4.69) is 9.62 Å². The summed E-state index contributed by atoms with van der Waals surface area (Å²) >= 11 is 0. The van der Waals surface area contributed by atoms with E-state index in [1.807, 2.05) is 12.1 Å². The smallest absolute Gasteiger partial charge is 0.290 e. The van der Waals surface area contributed by atoms with Crippen LogP contribution in [0, 0.1) is 17.0 Å². The molecule has 0 radical (unpaired) electrons. The van der Waals surface area contributed by atoms with Gasteiger partial charge in [-0.15, -0.1) is 0 Å². The van der Waals surface area contributed by atoms with Gasteiger partial charge in [0.2, 0.25) is 0 Å². The first-order valence-corrected chi connectivity index (χ1v) is 9.99. The molecular weight excluding hydrogens is 354 g/mol. The molecule has 1 fully saturated rings. The van der Waals surface area contributed by atoms with Gasteiger partial charge in [-0.2, -0.15) is 0 Å². The second kappa shape index (κ2) is 7.33. The van der Waals surface area contributed by atoms with E-state index in [1.54, 1.807) is 25.1 Å². The van der Waals surface area contributed by atoms with Crippen molar-refractivity contribution in [2.45, 2.75) is 31.1 Å². The number of piperidine rings is 1. The third-order valence-corrected chi connectivity index (χ3v) is 6.06. The number of nitro groups is 1. The Bertz CT molecular complexity index is 922. The fourth-order valence-corrected chi connectivity index (χ4v) is 4.77. The molecule has 1 aliphatic heterocycles. The van der Waals surface area contributed by atoms with E-state index in [9.17, 15) is 18.5 Å². The molecular formula is C18H21N3O4S. The van der Waals surface area contributed by atoms with Gasteiger partial charge in [0.15, 0.2) is 4.90 Å². The summed E-state index contributed by atoms with van der Waals surface area (Å²) < 4.78 is 28.5. The molecule has 0 aromatic heterocycles. The van der Waals surface area contributed by atoms with Crippen molar-refractivity contribution in [3.8, 4) is 0 Å². The van der Waals surface area contributed by atoms with Crippen LogP contribution in [0.25, 0.3) is 0 Å². The van der Waals surface area contributed by atoms with Gasteiger partial charge < -0.3 is 4.90 Å². The average molecular weight is 375 g/mol. The van der Waals surface area contributed by atoms with E-state index in [0.29, 0.717) is 11.3 Å². The third kappa shape index (κ3) is 3.65. The molecule has 0 unspecified atom stereocenters. The number of hydrogen-bond acceptors (Lipinski definition) is 5. The minimum atomic E-state index is -4.10. The van der Waals surface area contributed by atoms with Crippen molar-refractivity contribution in [2.75, 3.05) is 22.7 Å². The fourth-order valence-electron chi connectivity index (χ4n) is 3.30. The molecule has 1 N–H and O–H groups in total. The Hall–Kier alpha value is -2.61. The van der Waals surface area contributed by atoms with Crippen LogP contribution in [0.5, 0.6) is 0 Å². The molecule has 138 valence electrons. The standard InChI is InChI=1S/C18H21N3O4S/c1-14-8-7-11-17(21(22)23)18(14)26(24,25)19-15-9-3-4-10-16(15)20-12-5-2-6-13-20/h3-4,7-11,19H,2,5-6,12-13H2,1H3. The lowest BCUT2D eigenvalue weighted by Gasteiger charge is -2.30. The molecule has 0 bridgehead atoms. The largest absolute Gasteiger partial charge is 0.370 e. The second-order valence-electron chi connectivity index (χ2n) is 6.35. The quantitative estimate of drug-likeness (QED) is 0.635. The van der Waals surface area contributed by atoms with E-state index in [0.717, 1.165) is 31.6 Å². The van der Waals surface area contributed by atoms with Crippen molar-refractivity contribution in [2.24, 2.45) is 0 Å². The van der Waals surface area contributed by atoms with Crippen molar-refractivity contribution in [3.05, 3.63) is 58.1 Å². The van der Waals surface area contributed by atoms with Gasteiger partial charge in [0, 0.05) is 19.2 Å². The maximum Gasteiger partial charge on any atom is 0.290 e. The van der Waals surface area contributed by atoms with Crippen LogP contribution in [0.2, 0.25) is 0 Å². The molecule has 1 aliphatic rings. The number of sulfonamides is 1. The van der Waals surface area contributed by atoms with Crippen LogP contribution >= 0.6 is 0 Å². The summed E-state index contributed by atoms with van der Waals surface area (Å²) in [7, 11) is -4.10. The van der Waals surface area contributed by atoms with Crippen molar-refractivity contribution in [1.29, 1.82) is 0 Å². The third-order valence-electron chi connectivity index (χ3n) is 4.50. The molecule has 2 aromatic carbocycles. The van der Waals surface area contributed by atoms with Crippen molar-refractivity contribution < 1.29 is 13.3 Å². The molecule has 0 aliphatic carbocycles. The molecule has 26 heavy (non-hydrogen) atoms. The van der Waals surface area contributed by atoms with E-state index < -0.39 is 20.6 Å². The summed E-state index contributed by atoms with van der Waals surface area (Å²) in [4.78, 5) is 12.5. The predicted octanol–water partition coefficient (Wildman–Crippen LogP) is 3.69. The molecule has 3 rings (SSSR count). The number of aryl methyl sites for hydroxylation is 1. The Balaban J connectivity index is 2.01. The van der Waals surface area contributed by atoms with Crippen molar-refractivity contribution in [1.82, 2.24) is 0 Å². The first-order valence-electron chi connectivity index (χ1n) is 8.51. The number of anilines is 2. The van der Waals surface area contributed by atoms with Crippen LogP contribution in [0.4, 0.5) is 17.1 Å². The van der Waals surface area contributed by atoms with Gasteiger partial charge in [-0.05, 0) is 43.9 Å². The van der Waals surface area contributed by atoms with Gasteiger partial charge in [0.05, 0.1) is 16.3 Å². The number of hydrogen-bond donors (Lipinski definition) is 1. The first-order chi connectivity index (χ1) is 12.4. The summed E-state index contributed by atoms with van der Waals surface area (Å²) in [6.45, 7) is 3.28. The summed E-state index contributed by atoms with van der Waals surface area (Å²) in [6.07, 6.45) is 3.29. The molecule has 0 saturated carbocycles. The molecule has 0 atom stereocenters. The first kappa shape index (κ1) is 18.2. The zero-order valence-electron chi connectivity index (χ0n) is 14.5. The lowest BCUT2D eigenvalue weighted by Crippen LogP contribution is -2.30. The molecule has 0 spiro atoms. The van der Waals surface area contributed by atoms with Gasteiger partial charge in [-0.3, -0.25) is 14.8 Å². The Morgan fingerprint density at radius 2 is 1.73 bits per heavy atom. The SMILES string of the molecule is Cc1cccc([N+](=O)[O-])c1S(=O)(=O)Nc1ccccc1N1CCCCC1. The zero-order valence-corrected chi connectivity index (χ0v) is 15.3. The zero-order chi connectivity index (χ0) is 18.7. The summed E-state index contributed by atoms with van der Waals surface area (Å²) in [5.74, 6) is 0. The average Bonchev–Trinajstić information content (AvgIpc) is 2.62. The molecule has 8 heteroatoms. The van der Waals surface area contributed by atoms with Crippen LogP contribution in [0.1, 0.15) is 24.8 Å². The second-order valence-corrected chi connectivity index (χ2v) is 7.97. The topological polar surface area (TPSA) is 92.5 Å². The number of nitrogens with one attached hydrogen (secondary N) is 1. The van der Waals surface area contributed by atoms with E-state index in [-0.39, 0.29) is 4.90 Å². The van der Waals surface area contributed by atoms with Gasteiger partial charge in [-0.25, -0.2) is 8.42 Å². The molecule has 7 nitrogen and oxygen atoms in total. The van der Waals surface area contributed by atoms with Gasteiger partial charge in [0.1, 0.15) is 0 Å². The highest BCUT2D eigenvalue weighted by Gasteiger charge is 2.29. The molecule has 2 aromatic rings. The molecule has 1 saturated heterocycles. The van der Waals surface area contributed by atoms with Crippen LogP contribution in [-0.4, -0.2) is 26.4 Å². The van der Waals surface area contributed by atoms with Gasteiger partial charge in [0.25, 0.3) is 15.7 Å². The van der Waals surface area contributed by atoms with E-state index in [1.165, 1.54) is 18.6 Å². The minimum absolute atomic E-state index is 0.293. The number of rotatable bonds is 5. The van der Waals surface area contributed by atoms with Crippen LogP contribution in [0.15, 0.2) is 47.4 Å². The van der Waals surface area contributed by atoms with Crippen LogP contribution < -0.4 is 9.62 Å². The van der Waals surface area contributed by atoms with Crippen LogP contribution in [0.3, 0.4) is 0 Å². The Morgan fingerprint density at radius 1 is 1.04 bits per heavy atom. The number of para-hydroxylation sites is 2. The van der Waals surface area contributed by atoms with Crippen molar-refractivity contribution in [3.63, 3.8) is 0 Å². The fraction of sp³-hybridized carbons (Fsp3) is 0.333. The monoisotopic (exact) mass is 375 g/mol. The minimum Gasteiger partial charge on any atom is -0.370 e. The highest BCUT2D eigenvalue weighted by molar-refractivity contribution is 7.93. The molecule has 1 heterocycles. The molecule has 0 amide bonds. The lowest BCUT2D eigenvalue weighted by atomic mass is 10.1. The van der Waals surface area contributed by atoms with E-state index in [4.69, 9.17) is 0 Å². The van der Waals surface area contributed by atoms with Crippen LogP contribution in [-0.2, 0) is 10.0 Å². The normalized spacial score (nSPS) is 14.9. The highest BCUT2D eigenvalue weighted by atomic mass is 32.2. The Kier molecular flexibility index (Phi) is 5.13. The van der Waals surface area contributed by atoms with Gasteiger partial charge in [-0.1, -0.05) is 24.3 Å². The number of benzene rings is 2.